The normalized spacial score (nSPS) is 19.1. The lowest BCUT2D eigenvalue weighted by molar-refractivity contribution is 0.0259. The standard InChI is InChI=1S/C25H32N2O4.C24H30N2O5.C16H24N2O3.C10H20N2O2.C4H8O.CH4O.8CH4/c1-19-15-26(23(28)31-25(2,3)4)17-22(19)27(16-20-11-7-5-8-12-20)24(29)30-18-21-13-9-6-10-14-21;1-24(2,3)31-22(28)25-15-20(21(27)16-25)26(14-18-10-6-4-7-11-18)23(29)30-17-19-12-8-5-9-13-19;1-16(2,3)21-15(20)18-10-13(14(19)11-18)17-9-12-7-5-4-6-8-12;1-7-5-12(6-8(7)11)9(13)14-10(2,3)4;1-2-4-5-3-1;1-2;;;;;;;;/h5-14,19,22H,15-18H2,1-4H3;4-13,20-21,27H,14-17H2,1-3H3;4-8,13-14,17,19H,9-11H2,1-3H3;7-8H,5-6,11H2,1-4H3;1-4H2;2H,1H3;8*1H4/t19-,22-;20-,21-;13-,14-;7-,8-;;;;;;;;;;/m0000........../s1. The Morgan fingerprint density at radius 1 is 0.411 bits per heavy atom. The number of carbonyl (C=O) groups is 6. The van der Waals surface area contributed by atoms with Crippen LogP contribution in [0.4, 0.5) is 28.8 Å². The number of nitrogens with zero attached hydrogens (tertiary/aromatic N) is 6. The number of nitrogens with two attached hydrogens (primary N) is 1. The van der Waals surface area contributed by atoms with Gasteiger partial charge in [-0.25, -0.2) is 28.8 Å². The van der Waals surface area contributed by atoms with Crippen molar-refractivity contribution < 1.29 is 77.2 Å². The van der Waals surface area contributed by atoms with Gasteiger partial charge in [-0.15, -0.1) is 0 Å². The van der Waals surface area contributed by atoms with Crippen LogP contribution >= 0.6 is 0 Å². The van der Waals surface area contributed by atoms with Crippen molar-refractivity contribution in [2.45, 2.75) is 261 Å². The third kappa shape index (κ3) is 40.3. The van der Waals surface area contributed by atoms with E-state index in [1.165, 1.54) is 22.6 Å². The van der Waals surface area contributed by atoms with Crippen molar-refractivity contribution in [3.63, 3.8) is 0 Å². The number of likely N-dealkylation sites (tertiary alicyclic amines) is 4. The number of aliphatic hydroxyl groups excluding tert-OH is 3. The maximum Gasteiger partial charge on any atom is 0.410 e. The minimum atomic E-state index is -0.902. The molecule has 5 aliphatic rings. The minimum absolute atomic E-state index is 0. The van der Waals surface area contributed by atoms with Gasteiger partial charge in [-0.1, -0.05) is 225 Å². The number of amides is 6. The summed E-state index contributed by atoms with van der Waals surface area (Å²) in [5, 5.41) is 31.1. The van der Waals surface area contributed by atoms with Gasteiger partial charge in [-0.3, -0.25) is 9.80 Å². The number of carbonyl (C=O) groups excluding carboxylic acids is 6. The second kappa shape index (κ2) is 53.5. The molecule has 5 aromatic carbocycles. The summed E-state index contributed by atoms with van der Waals surface area (Å²) in [6, 6.07) is 47.5. The number of hydrogen-bond donors (Lipinski definition) is 5. The molecule has 5 heterocycles. The summed E-state index contributed by atoms with van der Waals surface area (Å²) >= 11 is 0. The number of aliphatic hydroxyl groups is 3. The monoisotopic (exact) mass is 1580 g/mol. The average Bonchev–Trinajstić information content (AvgIpc) is 1.66. The van der Waals surface area contributed by atoms with Crippen molar-refractivity contribution in [3.8, 4) is 0 Å². The maximum absolute atomic E-state index is 13.1. The van der Waals surface area contributed by atoms with Crippen LogP contribution in [0.15, 0.2) is 152 Å². The first kappa shape index (κ1) is 110. The number of rotatable bonds is 13. The second-order valence-corrected chi connectivity index (χ2v) is 30.5. The van der Waals surface area contributed by atoms with Crippen molar-refractivity contribution in [3.05, 3.63) is 179 Å². The molecule has 638 valence electrons. The van der Waals surface area contributed by atoms with Crippen molar-refractivity contribution >= 4 is 36.6 Å². The first-order valence-corrected chi connectivity index (χ1v) is 36.0. The SMILES string of the molecule is C.C.C.C.C.C.C.C.C1CCOC1.CC(C)(C)OC(=O)N1C[C@H](NCc2ccccc2)[C@@H](O)C1.CC(C)(C)OC(=O)N1C[C@H](O)[C@@H](N(Cc2ccccc2)C(=O)OCc2ccccc2)C1.CO.C[C@H]1CN(C(=O)OC(C)(C)C)C[C@@H]1N.C[C@H]1CN(C(=O)OC(C)(C)C)C[C@@H]1N(Cc1ccccc1)C(=O)OCc1ccccc1. The molecule has 5 aromatic rings. The summed E-state index contributed by atoms with van der Waals surface area (Å²) in [5.74, 6) is 0.461. The van der Waals surface area contributed by atoms with Gasteiger partial charge in [0.25, 0.3) is 0 Å². The van der Waals surface area contributed by atoms with E-state index in [2.05, 4.69) is 19.2 Å². The van der Waals surface area contributed by atoms with Gasteiger partial charge in [-0.05, 0) is 136 Å². The number of ether oxygens (including phenoxy) is 7. The van der Waals surface area contributed by atoms with E-state index in [1.807, 2.05) is 214 Å². The van der Waals surface area contributed by atoms with E-state index >= 15 is 0 Å². The summed E-state index contributed by atoms with van der Waals surface area (Å²) in [6.07, 6.45) is -1.31. The molecule has 0 aliphatic carbocycles. The lowest BCUT2D eigenvalue weighted by atomic mass is 10.0. The summed E-state index contributed by atoms with van der Waals surface area (Å²) in [7, 11) is 1.00. The topological polar surface area (TPSA) is 285 Å². The second-order valence-electron chi connectivity index (χ2n) is 30.5. The highest BCUT2D eigenvalue weighted by molar-refractivity contribution is 5.72. The van der Waals surface area contributed by atoms with Crippen molar-refractivity contribution in [2.24, 2.45) is 17.6 Å². The highest BCUT2D eigenvalue weighted by Gasteiger charge is 2.43. The molecule has 0 bridgehead atoms. The molecule has 10 rings (SSSR count). The highest BCUT2D eigenvalue weighted by Crippen LogP contribution is 2.28. The van der Waals surface area contributed by atoms with Crippen LogP contribution in [-0.4, -0.2) is 213 Å². The third-order valence-corrected chi connectivity index (χ3v) is 16.7. The van der Waals surface area contributed by atoms with Crippen LogP contribution in [0, 0.1) is 11.8 Å². The van der Waals surface area contributed by atoms with Crippen LogP contribution < -0.4 is 11.1 Å². The summed E-state index contributed by atoms with van der Waals surface area (Å²) < 4.78 is 37.7. The molecule has 0 aromatic heterocycles. The smallest absolute Gasteiger partial charge is 0.410 e. The molecule has 6 N–H and O–H groups in total. The molecule has 8 atom stereocenters. The van der Waals surface area contributed by atoms with Gasteiger partial charge in [0.15, 0.2) is 0 Å². The molecule has 6 amide bonds. The van der Waals surface area contributed by atoms with Gasteiger partial charge >= 0.3 is 36.6 Å². The third-order valence-electron chi connectivity index (χ3n) is 16.7. The molecule has 5 saturated heterocycles. The van der Waals surface area contributed by atoms with Crippen LogP contribution in [0.3, 0.4) is 0 Å². The summed E-state index contributed by atoms with van der Waals surface area (Å²) in [5.41, 5.74) is 8.56. The van der Waals surface area contributed by atoms with E-state index in [0.717, 1.165) is 48.1 Å². The van der Waals surface area contributed by atoms with Gasteiger partial charge in [0.05, 0.1) is 43.4 Å². The Balaban J connectivity index is -0.000000678. The van der Waals surface area contributed by atoms with E-state index in [9.17, 15) is 39.0 Å². The lowest BCUT2D eigenvalue weighted by Gasteiger charge is -2.31. The molecule has 0 saturated carbocycles. The summed E-state index contributed by atoms with van der Waals surface area (Å²) in [6.45, 7) is 33.1. The Hall–Kier alpha value is -8.52. The fourth-order valence-electron chi connectivity index (χ4n) is 11.5. The maximum atomic E-state index is 13.1. The fraction of sp³-hybridized carbons (Fsp3) is 0.591. The van der Waals surface area contributed by atoms with Gasteiger partial charge in [0, 0.05) is 85.3 Å². The van der Waals surface area contributed by atoms with Gasteiger partial charge in [0.1, 0.15) is 35.6 Å². The van der Waals surface area contributed by atoms with Crippen LogP contribution in [0.2, 0.25) is 0 Å². The van der Waals surface area contributed by atoms with Crippen LogP contribution in [-0.2, 0) is 66.0 Å². The molecule has 5 aliphatic heterocycles. The van der Waals surface area contributed by atoms with Crippen molar-refractivity contribution in [2.75, 3.05) is 72.7 Å². The Bertz CT molecular complexity index is 3170. The summed E-state index contributed by atoms with van der Waals surface area (Å²) in [4.78, 5) is 84.4. The lowest BCUT2D eigenvalue weighted by Crippen LogP contribution is -2.47. The van der Waals surface area contributed by atoms with Crippen molar-refractivity contribution in [1.29, 1.82) is 0 Å². The van der Waals surface area contributed by atoms with Gasteiger partial charge in [0.2, 0.25) is 0 Å². The zero-order chi connectivity index (χ0) is 76.8. The number of nitrogens with one attached hydrogen (secondary N) is 1. The van der Waals surface area contributed by atoms with E-state index in [1.54, 1.807) is 40.4 Å². The van der Waals surface area contributed by atoms with Crippen LogP contribution in [0.1, 0.15) is 197 Å². The molecule has 5 fully saturated rings. The molecule has 0 unspecified atom stereocenters. The zero-order valence-electron chi connectivity index (χ0n) is 64.0. The first-order chi connectivity index (χ1) is 49.1. The van der Waals surface area contributed by atoms with Gasteiger partial charge < -0.3 is 79.1 Å². The largest absolute Gasteiger partial charge is 0.445 e. The molecular formula is C88H150N8O16. The van der Waals surface area contributed by atoms with Gasteiger partial charge in [-0.2, -0.15) is 0 Å². The molecule has 0 radical (unpaired) electrons. The molecule has 112 heavy (non-hydrogen) atoms. The molecular weight excluding hydrogens is 1430 g/mol. The Morgan fingerprint density at radius 3 is 1.04 bits per heavy atom. The minimum Gasteiger partial charge on any atom is -0.445 e. The Kier molecular flexibility index (Phi) is 52.4. The molecule has 24 heteroatoms. The number of β-amino-alcohol motifs (C(OH)–C–C–N with tert-alkyl or cyclic N) is 2. The van der Waals surface area contributed by atoms with Crippen LogP contribution in [0.25, 0.3) is 0 Å². The Labute approximate surface area is 675 Å². The fourth-order valence-corrected chi connectivity index (χ4v) is 11.5. The van der Waals surface area contributed by atoms with Crippen molar-refractivity contribution in [1.82, 2.24) is 34.7 Å². The van der Waals surface area contributed by atoms with E-state index in [4.69, 9.17) is 44.0 Å². The number of benzene rings is 5. The predicted octanol–water partition coefficient (Wildman–Crippen LogP) is 17.3. The van der Waals surface area contributed by atoms with E-state index in [-0.39, 0.29) is 141 Å². The number of hydrogen-bond acceptors (Lipinski definition) is 18. The van der Waals surface area contributed by atoms with E-state index in [0.29, 0.717) is 58.3 Å². The van der Waals surface area contributed by atoms with Crippen LogP contribution in [0.5, 0.6) is 0 Å². The van der Waals surface area contributed by atoms with E-state index < -0.39 is 52.8 Å². The Morgan fingerprint density at radius 2 is 0.705 bits per heavy atom. The zero-order valence-corrected chi connectivity index (χ0v) is 64.0. The molecule has 0 spiro atoms. The molecule has 24 nitrogen and oxygen atoms in total. The first-order valence-electron chi connectivity index (χ1n) is 36.0. The average molecular weight is 1580 g/mol. The quantitative estimate of drug-likeness (QED) is 0.0685. The predicted molar refractivity (Wildman–Crippen MR) is 453 cm³/mol. The highest BCUT2D eigenvalue weighted by atomic mass is 16.6.